The van der Waals surface area contributed by atoms with E-state index in [-0.39, 0.29) is 16.7 Å². The summed E-state index contributed by atoms with van der Waals surface area (Å²) < 4.78 is 5.41. The summed E-state index contributed by atoms with van der Waals surface area (Å²) in [6, 6.07) is 0.172. The van der Waals surface area contributed by atoms with Gasteiger partial charge < -0.3 is 15.4 Å². The number of rotatable bonds is 5. The molecule has 1 heterocycles. The minimum Gasteiger partial charge on any atom is -0.378 e. The first kappa shape index (κ1) is 13.8. The van der Waals surface area contributed by atoms with E-state index in [4.69, 9.17) is 4.74 Å². The molecule has 5 heteroatoms. The van der Waals surface area contributed by atoms with E-state index in [2.05, 4.69) is 30.7 Å². The van der Waals surface area contributed by atoms with Crippen molar-refractivity contribution in [3.05, 3.63) is 0 Å². The molecule has 1 fully saturated rings. The molecule has 1 rings (SSSR count). The van der Waals surface area contributed by atoms with Crippen LogP contribution in [0.2, 0.25) is 0 Å². The third-order valence-electron chi connectivity index (χ3n) is 2.69. The zero-order valence-corrected chi connectivity index (χ0v) is 11.2. The van der Waals surface area contributed by atoms with Gasteiger partial charge in [-0.1, -0.05) is 0 Å². The molecule has 0 aromatic carbocycles. The van der Waals surface area contributed by atoms with E-state index < -0.39 is 0 Å². The second-order valence-electron chi connectivity index (χ2n) is 4.67. The van der Waals surface area contributed by atoms with E-state index in [9.17, 15) is 4.79 Å². The SMILES string of the molecule is CSC(C)(C)CNC(=O)CC1COCCN1. The van der Waals surface area contributed by atoms with E-state index in [0.717, 1.165) is 13.2 Å². The van der Waals surface area contributed by atoms with E-state index >= 15 is 0 Å². The Morgan fingerprint density at radius 3 is 2.94 bits per heavy atom. The number of amides is 1. The summed E-state index contributed by atoms with van der Waals surface area (Å²) in [7, 11) is 0. The molecule has 0 radical (unpaired) electrons. The second-order valence-corrected chi connectivity index (χ2v) is 6.18. The molecule has 0 bridgehead atoms. The van der Waals surface area contributed by atoms with Crippen molar-refractivity contribution in [1.82, 2.24) is 10.6 Å². The van der Waals surface area contributed by atoms with Gasteiger partial charge in [0.2, 0.25) is 5.91 Å². The maximum atomic E-state index is 11.7. The molecule has 0 aromatic heterocycles. The highest BCUT2D eigenvalue weighted by atomic mass is 32.2. The first-order chi connectivity index (χ1) is 7.53. The first-order valence-corrected chi connectivity index (χ1v) is 6.89. The average Bonchev–Trinajstić information content (AvgIpc) is 2.28. The molecule has 16 heavy (non-hydrogen) atoms. The predicted octanol–water partition coefficient (Wildman–Crippen LogP) is 0.623. The van der Waals surface area contributed by atoms with Gasteiger partial charge in [-0.15, -0.1) is 0 Å². The van der Waals surface area contributed by atoms with Crippen LogP contribution in [-0.2, 0) is 9.53 Å². The second kappa shape index (κ2) is 6.47. The van der Waals surface area contributed by atoms with E-state index in [0.29, 0.717) is 19.6 Å². The summed E-state index contributed by atoms with van der Waals surface area (Å²) in [5.41, 5.74) is 0. The Morgan fingerprint density at radius 2 is 2.38 bits per heavy atom. The molecule has 2 N–H and O–H groups in total. The van der Waals surface area contributed by atoms with Crippen molar-refractivity contribution in [1.29, 1.82) is 0 Å². The van der Waals surface area contributed by atoms with Crippen LogP contribution in [0.15, 0.2) is 0 Å². The van der Waals surface area contributed by atoms with Crippen molar-refractivity contribution in [3.63, 3.8) is 0 Å². The number of thioether (sulfide) groups is 1. The van der Waals surface area contributed by atoms with Crippen molar-refractivity contribution >= 4 is 17.7 Å². The van der Waals surface area contributed by atoms with E-state index in [1.807, 2.05) is 0 Å². The van der Waals surface area contributed by atoms with Crippen LogP contribution in [0.4, 0.5) is 0 Å². The standard InChI is InChI=1S/C11H22N2O2S/c1-11(2,16-3)8-13-10(14)6-9-7-15-5-4-12-9/h9,12H,4-8H2,1-3H3,(H,13,14). The number of carbonyl (C=O) groups excluding carboxylic acids is 1. The number of morpholine rings is 1. The smallest absolute Gasteiger partial charge is 0.221 e. The Morgan fingerprint density at radius 1 is 1.62 bits per heavy atom. The molecule has 1 unspecified atom stereocenters. The van der Waals surface area contributed by atoms with Crippen molar-refractivity contribution in [3.8, 4) is 0 Å². The Labute approximate surface area is 102 Å². The zero-order valence-electron chi connectivity index (χ0n) is 10.3. The first-order valence-electron chi connectivity index (χ1n) is 5.66. The number of hydrogen-bond acceptors (Lipinski definition) is 4. The van der Waals surface area contributed by atoms with E-state index in [1.165, 1.54) is 0 Å². The van der Waals surface area contributed by atoms with Gasteiger partial charge in [0.15, 0.2) is 0 Å². The monoisotopic (exact) mass is 246 g/mol. The predicted molar refractivity (Wildman–Crippen MR) is 67.8 cm³/mol. The molecular formula is C11H22N2O2S. The molecule has 1 atom stereocenters. The van der Waals surface area contributed by atoms with Crippen LogP contribution in [0.5, 0.6) is 0 Å². The van der Waals surface area contributed by atoms with Gasteiger partial charge in [0.05, 0.1) is 13.2 Å². The molecule has 0 aliphatic carbocycles. The van der Waals surface area contributed by atoms with Crippen LogP contribution >= 0.6 is 11.8 Å². The highest BCUT2D eigenvalue weighted by molar-refractivity contribution is 7.99. The van der Waals surface area contributed by atoms with Gasteiger partial charge in [0.1, 0.15) is 0 Å². The molecular weight excluding hydrogens is 224 g/mol. The fourth-order valence-electron chi connectivity index (χ4n) is 1.43. The quantitative estimate of drug-likeness (QED) is 0.747. The highest BCUT2D eigenvalue weighted by Gasteiger charge is 2.20. The molecule has 1 saturated heterocycles. The van der Waals surface area contributed by atoms with Crippen LogP contribution in [0.1, 0.15) is 20.3 Å². The Hall–Kier alpha value is -0.260. The van der Waals surface area contributed by atoms with Crippen LogP contribution in [0, 0.1) is 0 Å². The molecule has 94 valence electrons. The number of hydrogen-bond donors (Lipinski definition) is 2. The normalized spacial score (nSPS) is 21.8. The lowest BCUT2D eigenvalue weighted by atomic mass is 10.1. The van der Waals surface area contributed by atoms with Crippen LogP contribution < -0.4 is 10.6 Å². The third-order valence-corrected chi connectivity index (χ3v) is 3.94. The zero-order chi connectivity index (χ0) is 12.0. The summed E-state index contributed by atoms with van der Waals surface area (Å²) in [5, 5.41) is 6.24. The lowest BCUT2D eigenvalue weighted by Gasteiger charge is -2.25. The Balaban J connectivity index is 2.19. The van der Waals surface area contributed by atoms with Gasteiger partial charge in [-0.05, 0) is 20.1 Å². The summed E-state index contributed by atoms with van der Waals surface area (Å²) in [6.07, 6.45) is 2.56. The molecule has 4 nitrogen and oxygen atoms in total. The van der Waals surface area contributed by atoms with Crippen molar-refractivity contribution in [2.75, 3.05) is 32.6 Å². The molecule has 1 amide bonds. The minimum atomic E-state index is 0.102. The fraction of sp³-hybridized carbons (Fsp3) is 0.909. The van der Waals surface area contributed by atoms with Crippen molar-refractivity contribution < 1.29 is 9.53 Å². The number of carbonyl (C=O) groups is 1. The average molecular weight is 246 g/mol. The molecule has 1 aliphatic rings. The van der Waals surface area contributed by atoms with Gasteiger partial charge in [-0.2, -0.15) is 11.8 Å². The van der Waals surface area contributed by atoms with Gasteiger partial charge in [-0.25, -0.2) is 0 Å². The topological polar surface area (TPSA) is 50.4 Å². The third kappa shape index (κ3) is 5.18. The number of nitrogens with one attached hydrogen (secondary N) is 2. The van der Waals surface area contributed by atoms with E-state index in [1.54, 1.807) is 11.8 Å². The van der Waals surface area contributed by atoms with Crippen molar-refractivity contribution in [2.24, 2.45) is 0 Å². The highest BCUT2D eigenvalue weighted by Crippen LogP contribution is 2.19. The van der Waals surface area contributed by atoms with Crippen LogP contribution in [-0.4, -0.2) is 49.3 Å². The lowest BCUT2D eigenvalue weighted by molar-refractivity contribution is -0.122. The molecule has 0 aromatic rings. The maximum Gasteiger partial charge on any atom is 0.221 e. The molecule has 0 spiro atoms. The van der Waals surface area contributed by atoms with Gasteiger partial charge in [0.25, 0.3) is 0 Å². The summed E-state index contributed by atoms with van der Waals surface area (Å²) >= 11 is 1.76. The summed E-state index contributed by atoms with van der Waals surface area (Å²) in [5.74, 6) is 0.102. The maximum absolute atomic E-state index is 11.7. The fourth-order valence-corrected chi connectivity index (χ4v) is 1.65. The lowest BCUT2D eigenvalue weighted by Crippen LogP contribution is -2.45. The number of ether oxygens (including phenoxy) is 1. The minimum absolute atomic E-state index is 0.102. The summed E-state index contributed by atoms with van der Waals surface area (Å²) in [4.78, 5) is 11.7. The Kier molecular flexibility index (Phi) is 5.58. The molecule has 0 saturated carbocycles. The summed E-state index contributed by atoms with van der Waals surface area (Å²) in [6.45, 7) is 7.19. The molecule has 1 aliphatic heterocycles. The largest absolute Gasteiger partial charge is 0.378 e. The van der Waals surface area contributed by atoms with Gasteiger partial charge in [-0.3, -0.25) is 4.79 Å². The Bertz CT molecular complexity index is 228. The van der Waals surface area contributed by atoms with Crippen LogP contribution in [0.3, 0.4) is 0 Å². The van der Waals surface area contributed by atoms with Gasteiger partial charge in [0, 0.05) is 30.3 Å². The van der Waals surface area contributed by atoms with Gasteiger partial charge >= 0.3 is 0 Å². The van der Waals surface area contributed by atoms with Crippen molar-refractivity contribution in [2.45, 2.75) is 31.1 Å². The van der Waals surface area contributed by atoms with Crippen LogP contribution in [0.25, 0.3) is 0 Å².